The van der Waals surface area contributed by atoms with E-state index in [0.717, 1.165) is 48.6 Å². The van der Waals surface area contributed by atoms with Gasteiger partial charge in [-0.2, -0.15) is 0 Å². The summed E-state index contributed by atoms with van der Waals surface area (Å²) >= 11 is 0. The lowest BCUT2D eigenvalue weighted by Crippen LogP contribution is -2.30. The lowest BCUT2D eigenvalue weighted by atomic mass is 10.1. The van der Waals surface area contributed by atoms with Crippen molar-refractivity contribution >= 4 is 29.2 Å². The molecular formula is C22H28N4O2. The number of benzene rings is 1. The van der Waals surface area contributed by atoms with Crippen molar-refractivity contribution in [3.8, 4) is 0 Å². The fraction of sp³-hybridized carbons (Fsp3) is 0.364. The molecule has 0 atom stereocenters. The van der Waals surface area contributed by atoms with Crippen LogP contribution in [0.25, 0.3) is 11.6 Å². The maximum atomic E-state index is 12.5. The molecule has 0 radical (unpaired) electrons. The van der Waals surface area contributed by atoms with E-state index < -0.39 is 0 Å². The number of H-pyrrole nitrogens is 1. The Bertz CT molecular complexity index is 894. The highest BCUT2D eigenvalue weighted by Gasteiger charge is 2.23. The van der Waals surface area contributed by atoms with Crippen LogP contribution in [0, 0.1) is 6.92 Å². The molecule has 0 spiro atoms. The van der Waals surface area contributed by atoms with Gasteiger partial charge in [-0.1, -0.05) is 32.0 Å². The van der Waals surface area contributed by atoms with Crippen LogP contribution in [0.15, 0.2) is 30.3 Å². The molecule has 1 aliphatic rings. The van der Waals surface area contributed by atoms with Crippen LogP contribution in [0.4, 0.5) is 5.69 Å². The number of carbonyl (C=O) groups is 2. The third kappa shape index (κ3) is 4.34. The minimum atomic E-state index is -0.129. The van der Waals surface area contributed by atoms with E-state index in [9.17, 15) is 9.59 Å². The third-order valence-electron chi connectivity index (χ3n) is 5.10. The minimum Gasteiger partial charge on any atom is -0.351 e. The molecule has 0 saturated carbocycles. The lowest BCUT2D eigenvalue weighted by molar-refractivity contribution is -0.110. The van der Waals surface area contributed by atoms with Gasteiger partial charge >= 0.3 is 0 Å². The predicted octanol–water partition coefficient (Wildman–Crippen LogP) is 3.28. The predicted molar refractivity (Wildman–Crippen MR) is 113 cm³/mol. The van der Waals surface area contributed by atoms with Crippen LogP contribution in [-0.2, 0) is 4.79 Å². The van der Waals surface area contributed by atoms with Crippen molar-refractivity contribution in [2.45, 2.75) is 27.2 Å². The summed E-state index contributed by atoms with van der Waals surface area (Å²) in [5, 5.41) is 5.84. The molecule has 28 heavy (non-hydrogen) atoms. The van der Waals surface area contributed by atoms with E-state index >= 15 is 0 Å². The molecule has 3 rings (SSSR count). The summed E-state index contributed by atoms with van der Waals surface area (Å²) in [5.74, 6) is -0.242. The largest absolute Gasteiger partial charge is 0.351 e. The number of hydrogen-bond acceptors (Lipinski definition) is 3. The monoisotopic (exact) mass is 380 g/mol. The van der Waals surface area contributed by atoms with Crippen LogP contribution in [0.5, 0.6) is 0 Å². The van der Waals surface area contributed by atoms with Gasteiger partial charge in [0, 0.05) is 23.5 Å². The Hall–Kier alpha value is -2.86. The number of aromatic amines is 1. The summed E-state index contributed by atoms with van der Waals surface area (Å²) in [6.07, 6.45) is 2.71. The van der Waals surface area contributed by atoms with Crippen molar-refractivity contribution in [1.29, 1.82) is 0 Å². The first-order valence-electron chi connectivity index (χ1n) is 9.86. The zero-order valence-corrected chi connectivity index (χ0v) is 16.8. The Morgan fingerprint density at radius 2 is 1.96 bits per heavy atom. The fourth-order valence-electron chi connectivity index (χ4n) is 3.47. The van der Waals surface area contributed by atoms with E-state index in [-0.39, 0.29) is 11.8 Å². The molecule has 6 heteroatoms. The Morgan fingerprint density at radius 1 is 1.21 bits per heavy atom. The maximum Gasteiger partial charge on any atom is 0.267 e. The van der Waals surface area contributed by atoms with Crippen molar-refractivity contribution in [2.75, 3.05) is 31.5 Å². The van der Waals surface area contributed by atoms with E-state index in [4.69, 9.17) is 0 Å². The molecule has 0 saturated heterocycles. The molecule has 1 aromatic carbocycles. The second-order valence-corrected chi connectivity index (χ2v) is 6.98. The Kier molecular flexibility index (Phi) is 6.31. The fourth-order valence-corrected chi connectivity index (χ4v) is 3.47. The van der Waals surface area contributed by atoms with Crippen molar-refractivity contribution in [3.63, 3.8) is 0 Å². The van der Waals surface area contributed by atoms with Crippen LogP contribution >= 0.6 is 0 Å². The van der Waals surface area contributed by atoms with Crippen molar-refractivity contribution in [3.05, 3.63) is 52.8 Å². The van der Waals surface area contributed by atoms with Crippen molar-refractivity contribution in [1.82, 2.24) is 15.2 Å². The van der Waals surface area contributed by atoms with Gasteiger partial charge in [0.25, 0.3) is 11.8 Å². The number of hydrogen-bond donors (Lipinski definition) is 3. The van der Waals surface area contributed by atoms with Gasteiger partial charge < -0.3 is 20.5 Å². The Labute approximate surface area is 166 Å². The second-order valence-electron chi connectivity index (χ2n) is 6.98. The van der Waals surface area contributed by atoms with Crippen LogP contribution in [0.1, 0.15) is 47.6 Å². The van der Waals surface area contributed by atoms with Crippen LogP contribution < -0.4 is 10.6 Å². The SMILES string of the molecule is CCN(CC)CCCNC(=O)c1[nH]c(/C=C2\C(=O)Nc3ccccc32)cc1C. The molecule has 148 valence electrons. The van der Waals surface area contributed by atoms with E-state index in [1.807, 2.05) is 37.3 Å². The molecule has 2 amide bonds. The minimum absolute atomic E-state index is 0.113. The molecule has 0 unspecified atom stereocenters. The highest BCUT2D eigenvalue weighted by atomic mass is 16.2. The average Bonchev–Trinajstić information content (AvgIpc) is 3.21. The van der Waals surface area contributed by atoms with Gasteiger partial charge in [-0.05, 0) is 56.8 Å². The smallest absolute Gasteiger partial charge is 0.267 e. The number of aromatic nitrogens is 1. The van der Waals surface area contributed by atoms with Gasteiger partial charge in [0.2, 0.25) is 0 Å². The van der Waals surface area contributed by atoms with Gasteiger partial charge in [-0.25, -0.2) is 0 Å². The summed E-state index contributed by atoms with van der Waals surface area (Å²) < 4.78 is 0. The molecule has 1 aliphatic heterocycles. The first-order chi connectivity index (χ1) is 13.5. The third-order valence-corrected chi connectivity index (χ3v) is 5.10. The van der Waals surface area contributed by atoms with E-state index in [1.165, 1.54) is 0 Å². The lowest BCUT2D eigenvalue weighted by Gasteiger charge is -2.17. The number of carbonyl (C=O) groups excluding carboxylic acids is 2. The Balaban J connectivity index is 1.67. The number of nitrogens with one attached hydrogen (secondary N) is 3. The molecule has 0 bridgehead atoms. The number of aryl methyl sites for hydroxylation is 1. The summed E-state index contributed by atoms with van der Waals surface area (Å²) in [4.78, 5) is 30.3. The zero-order chi connectivity index (χ0) is 20.1. The molecule has 0 fully saturated rings. The molecular weight excluding hydrogens is 352 g/mol. The number of nitrogens with zero attached hydrogens (tertiary/aromatic N) is 1. The molecule has 1 aromatic heterocycles. The van der Waals surface area contributed by atoms with E-state index in [2.05, 4.69) is 34.4 Å². The van der Waals surface area contributed by atoms with Crippen molar-refractivity contribution < 1.29 is 9.59 Å². The zero-order valence-electron chi connectivity index (χ0n) is 16.8. The highest BCUT2D eigenvalue weighted by molar-refractivity contribution is 6.34. The second kappa shape index (κ2) is 8.89. The number of rotatable bonds is 8. The topological polar surface area (TPSA) is 77.2 Å². The molecule has 6 nitrogen and oxygen atoms in total. The highest BCUT2D eigenvalue weighted by Crippen LogP contribution is 2.32. The van der Waals surface area contributed by atoms with Gasteiger partial charge in [0.05, 0.1) is 5.57 Å². The number of amides is 2. The molecule has 2 heterocycles. The van der Waals surface area contributed by atoms with E-state index in [1.54, 1.807) is 6.08 Å². The van der Waals surface area contributed by atoms with Gasteiger partial charge in [-0.15, -0.1) is 0 Å². The van der Waals surface area contributed by atoms with Crippen LogP contribution in [0.2, 0.25) is 0 Å². The number of fused-ring (bicyclic) bond motifs is 1. The summed E-state index contributed by atoms with van der Waals surface area (Å²) in [6.45, 7) is 9.84. The van der Waals surface area contributed by atoms with Crippen molar-refractivity contribution in [2.24, 2.45) is 0 Å². The van der Waals surface area contributed by atoms with Gasteiger partial charge in [-0.3, -0.25) is 9.59 Å². The Morgan fingerprint density at radius 3 is 2.71 bits per heavy atom. The maximum absolute atomic E-state index is 12.5. The molecule has 2 aromatic rings. The van der Waals surface area contributed by atoms with Crippen LogP contribution in [-0.4, -0.2) is 47.9 Å². The summed E-state index contributed by atoms with van der Waals surface area (Å²) in [5.41, 5.74) is 4.44. The first kappa shape index (κ1) is 19.9. The summed E-state index contributed by atoms with van der Waals surface area (Å²) in [6, 6.07) is 9.49. The first-order valence-corrected chi connectivity index (χ1v) is 9.86. The molecule has 0 aliphatic carbocycles. The number of para-hydroxylation sites is 1. The molecule has 3 N–H and O–H groups in total. The van der Waals surface area contributed by atoms with E-state index in [0.29, 0.717) is 17.8 Å². The van der Waals surface area contributed by atoms with Gasteiger partial charge in [0.15, 0.2) is 0 Å². The standard InChI is InChI=1S/C22H28N4O2/c1-4-26(5-2)12-8-11-23-22(28)20-15(3)13-16(24-20)14-18-17-9-6-7-10-19(17)25-21(18)27/h6-7,9-10,13-14,24H,4-5,8,11-12H2,1-3H3,(H,23,28)(H,25,27)/b18-14-. The summed E-state index contributed by atoms with van der Waals surface area (Å²) in [7, 11) is 0. The van der Waals surface area contributed by atoms with Gasteiger partial charge in [0.1, 0.15) is 5.69 Å². The number of anilines is 1. The quantitative estimate of drug-likeness (QED) is 0.486. The van der Waals surface area contributed by atoms with Crippen LogP contribution in [0.3, 0.4) is 0 Å². The average molecular weight is 380 g/mol. The normalized spacial score (nSPS) is 14.4.